The summed E-state index contributed by atoms with van der Waals surface area (Å²) in [5, 5.41) is 6.73. The molecule has 0 spiro atoms. The predicted octanol–water partition coefficient (Wildman–Crippen LogP) is 5.26. The van der Waals surface area contributed by atoms with Gasteiger partial charge in [0.2, 0.25) is 5.91 Å². The predicted molar refractivity (Wildman–Crippen MR) is 110 cm³/mol. The van der Waals surface area contributed by atoms with Crippen LogP contribution in [0.15, 0.2) is 36.4 Å². The number of hydrogen-bond acceptors (Lipinski definition) is 4. The highest BCUT2D eigenvalue weighted by atomic mass is 35.5. The maximum absolute atomic E-state index is 12.2. The number of hydrogen-bond donors (Lipinski definition) is 2. The van der Waals surface area contributed by atoms with Gasteiger partial charge in [0.25, 0.3) is 0 Å². The maximum Gasteiger partial charge on any atom is 0.243 e. The number of carbonyl (C=O) groups is 1. The van der Waals surface area contributed by atoms with Gasteiger partial charge in [0.15, 0.2) is 0 Å². The van der Waals surface area contributed by atoms with E-state index in [4.69, 9.17) is 44.3 Å². The van der Waals surface area contributed by atoms with Crippen LogP contribution in [0.2, 0.25) is 15.1 Å². The van der Waals surface area contributed by atoms with Crippen LogP contribution >= 0.6 is 34.8 Å². The monoisotopic (exact) mass is 428 g/mol. The van der Waals surface area contributed by atoms with Crippen LogP contribution in [-0.4, -0.2) is 31.8 Å². The number of amides is 1. The number of anilines is 2. The SMILES string of the molecule is O=C(CNc1cccc(OCC2CCCO2)c1)Nc1cc(Cl)c(Cl)cc1Cl. The molecule has 27 heavy (non-hydrogen) atoms. The second-order valence-corrected chi connectivity index (χ2v) is 7.34. The Morgan fingerprint density at radius 2 is 1.96 bits per heavy atom. The Labute approximate surface area is 172 Å². The van der Waals surface area contributed by atoms with E-state index in [1.54, 1.807) is 0 Å². The Bertz CT molecular complexity index is 811. The highest BCUT2D eigenvalue weighted by Gasteiger charge is 2.16. The molecule has 0 saturated carbocycles. The lowest BCUT2D eigenvalue weighted by Crippen LogP contribution is -2.22. The summed E-state index contributed by atoms with van der Waals surface area (Å²) in [5.74, 6) is 0.462. The molecule has 8 heteroatoms. The largest absolute Gasteiger partial charge is 0.491 e. The first-order valence-corrected chi connectivity index (χ1v) is 9.67. The van der Waals surface area contributed by atoms with Crippen molar-refractivity contribution < 1.29 is 14.3 Å². The first kappa shape index (κ1) is 20.1. The molecule has 1 heterocycles. The quantitative estimate of drug-likeness (QED) is 0.590. The van der Waals surface area contributed by atoms with Crippen molar-refractivity contribution in [1.29, 1.82) is 0 Å². The van der Waals surface area contributed by atoms with Crippen LogP contribution in [0.4, 0.5) is 11.4 Å². The van der Waals surface area contributed by atoms with Crippen molar-refractivity contribution in [2.45, 2.75) is 18.9 Å². The number of carbonyl (C=O) groups excluding carboxylic acids is 1. The van der Waals surface area contributed by atoms with Gasteiger partial charge in [-0.05, 0) is 37.1 Å². The van der Waals surface area contributed by atoms with Gasteiger partial charge in [-0.15, -0.1) is 0 Å². The summed E-state index contributed by atoms with van der Waals surface area (Å²) >= 11 is 17.9. The summed E-state index contributed by atoms with van der Waals surface area (Å²) in [5.41, 5.74) is 1.18. The average Bonchev–Trinajstić information content (AvgIpc) is 3.17. The molecule has 144 valence electrons. The van der Waals surface area contributed by atoms with Gasteiger partial charge in [0, 0.05) is 18.4 Å². The minimum absolute atomic E-state index is 0.0613. The fourth-order valence-corrected chi connectivity index (χ4v) is 3.25. The topological polar surface area (TPSA) is 59.6 Å². The Kier molecular flexibility index (Phi) is 7.07. The van der Waals surface area contributed by atoms with Crippen LogP contribution in [-0.2, 0) is 9.53 Å². The molecule has 1 fully saturated rings. The lowest BCUT2D eigenvalue weighted by Gasteiger charge is -2.13. The standard InChI is InChI=1S/C19H19Cl3N2O3/c20-15-8-17(22)18(9-16(15)21)24-19(25)10-23-12-3-1-4-13(7-12)27-11-14-5-2-6-26-14/h1,3-4,7-9,14,23H,2,5-6,10-11H2,(H,24,25). The lowest BCUT2D eigenvalue weighted by atomic mass is 10.2. The van der Waals surface area contributed by atoms with E-state index in [9.17, 15) is 4.79 Å². The summed E-state index contributed by atoms with van der Waals surface area (Å²) < 4.78 is 11.3. The first-order chi connectivity index (χ1) is 13.0. The van der Waals surface area contributed by atoms with Gasteiger partial charge >= 0.3 is 0 Å². The number of halogens is 3. The summed E-state index contributed by atoms with van der Waals surface area (Å²) in [7, 11) is 0. The summed E-state index contributed by atoms with van der Waals surface area (Å²) in [4.78, 5) is 12.2. The fourth-order valence-electron chi connectivity index (χ4n) is 2.66. The highest BCUT2D eigenvalue weighted by Crippen LogP contribution is 2.32. The molecule has 2 N–H and O–H groups in total. The molecular formula is C19H19Cl3N2O3. The molecule has 1 aliphatic heterocycles. The van der Waals surface area contributed by atoms with Crippen molar-refractivity contribution in [2.75, 3.05) is 30.4 Å². The molecule has 2 aromatic rings. The van der Waals surface area contributed by atoms with Crippen molar-refractivity contribution in [3.63, 3.8) is 0 Å². The van der Waals surface area contributed by atoms with E-state index in [0.717, 1.165) is 30.9 Å². The molecule has 0 radical (unpaired) electrons. The highest BCUT2D eigenvalue weighted by molar-refractivity contribution is 6.44. The van der Waals surface area contributed by atoms with Gasteiger partial charge in [-0.25, -0.2) is 0 Å². The van der Waals surface area contributed by atoms with Crippen LogP contribution in [0, 0.1) is 0 Å². The van der Waals surface area contributed by atoms with Gasteiger partial charge in [0.1, 0.15) is 12.4 Å². The Morgan fingerprint density at radius 1 is 1.15 bits per heavy atom. The Hall–Kier alpha value is -1.66. The minimum Gasteiger partial charge on any atom is -0.491 e. The molecule has 1 unspecified atom stereocenters. The van der Waals surface area contributed by atoms with Crippen LogP contribution in [0.3, 0.4) is 0 Å². The van der Waals surface area contributed by atoms with Crippen molar-refractivity contribution in [1.82, 2.24) is 0 Å². The molecule has 5 nitrogen and oxygen atoms in total. The lowest BCUT2D eigenvalue weighted by molar-refractivity contribution is -0.114. The van der Waals surface area contributed by atoms with E-state index < -0.39 is 0 Å². The van der Waals surface area contributed by atoms with Gasteiger partial charge in [-0.1, -0.05) is 40.9 Å². The third-order valence-electron chi connectivity index (χ3n) is 4.03. The smallest absolute Gasteiger partial charge is 0.243 e. The van der Waals surface area contributed by atoms with E-state index in [-0.39, 0.29) is 18.6 Å². The first-order valence-electron chi connectivity index (χ1n) is 8.54. The van der Waals surface area contributed by atoms with E-state index in [1.807, 2.05) is 24.3 Å². The molecule has 2 aromatic carbocycles. The zero-order valence-electron chi connectivity index (χ0n) is 14.4. The summed E-state index contributed by atoms with van der Waals surface area (Å²) in [6.07, 6.45) is 2.26. The van der Waals surface area contributed by atoms with Crippen molar-refractivity contribution in [3.8, 4) is 5.75 Å². The second-order valence-electron chi connectivity index (χ2n) is 6.12. The summed E-state index contributed by atoms with van der Waals surface area (Å²) in [6.45, 7) is 1.39. The number of ether oxygens (including phenoxy) is 2. The van der Waals surface area contributed by atoms with Crippen molar-refractivity contribution >= 4 is 52.1 Å². The van der Waals surface area contributed by atoms with E-state index in [1.165, 1.54) is 12.1 Å². The molecule has 0 aromatic heterocycles. The second kappa shape index (κ2) is 9.51. The van der Waals surface area contributed by atoms with Crippen molar-refractivity contribution in [2.24, 2.45) is 0 Å². The maximum atomic E-state index is 12.2. The number of rotatable bonds is 7. The zero-order valence-corrected chi connectivity index (χ0v) is 16.7. The molecule has 3 rings (SSSR count). The molecule has 1 aliphatic rings. The van der Waals surface area contributed by atoms with Crippen LogP contribution in [0.25, 0.3) is 0 Å². The minimum atomic E-state index is -0.263. The van der Waals surface area contributed by atoms with Crippen LogP contribution < -0.4 is 15.4 Å². The molecular weight excluding hydrogens is 411 g/mol. The van der Waals surface area contributed by atoms with E-state index in [0.29, 0.717) is 27.4 Å². The molecule has 1 atom stereocenters. The molecule has 0 aliphatic carbocycles. The molecule has 1 amide bonds. The number of benzene rings is 2. The van der Waals surface area contributed by atoms with Gasteiger partial charge in [0.05, 0.1) is 33.4 Å². The van der Waals surface area contributed by atoms with Crippen molar-refractivity contribution in [3.05, 3.63) is 51.5 Å². The third-order valence-corrected chi connectivity index (χ3v) is 5.07. The number of nitrogens with one attached hydrogen (secondary N) is 2. The van der Waals surface area contributed by atoms with Crippen LogP contribution in [0.5, 0.6) is 5.75 Å². The van der Waals surface area contributed by atoms with E-state index in [2.05, 4.69) is 10.6 Å². The normalized spacial score (nSPS) is 16.2. The summed E-state index contributed by atoms with van der Waals surface area (Å²) in [6, 6.07) is 10.4. The average molecular weight is 430 g/mol. The van der Waals surface area contributed by atoms with Crippen LogP contribution in [0.1, 0.15) is 12.8 Å². The van der Waals surface area contributed by atoms with Gasteiger partial charge in [-0.3, -0.25) is 4.79 Å². The molecule has 0 bridgehead atoms. The van der Waals surface area contributed by atoms with Gasteiger partial charge in [-0.2, -0.15) is 0 Å². The zero-order chi connectivity index (χ0) is 19.2. The fraction of sp³-hybridized carbons (Fsp3) is 0.316. The van der Waals surface area contributed by atoms with E-state index >= 15 is 0 Å². The molecule has 1 saturated heterocycles. The Morgan fingerprint density at radius 3 is 2.74 bits per heavy atom. The third kappa shape index (κ3) is 5.91. The van der Waals surface area contributed by atoms with Gasteiger partial charge < -0.3 is 20.1 Å². The Balaban J connectivity index is 1.51.